The van der Waals surface area contributed by atoms with Crippen LogP contribution >= 0.6 is 0 Å². The van der Waals surface area contributed by atoms with Gasteiger partial charge < -0.3 is 19.1 Å². The first-order valence-corrected chi connectivity index (χ1v) is 8.27. The number of halogens is 1. The number of hydrogen-bond donors (Lipinski definition) is 0. The van der Waals surface area contributed by atoms with E-state index in [1.165, 1.54) is 19.2 Å². The maximum Gasteiger partial charge on any atom is 0.257 e. The van der Waals surface area contributed by atoms with Crippen molar-refractivity contribution >= 4 is 5.91 Å². The van der Waals surface area contributed by atoms with E-state index in [1.54, 1.807) is 25.2 Å². The lowest BCUT2D eigenvalue weighted by molar-refractivity contribution is -0.0894. The lowest BCUT2D eigenvalue weighted by atomic mass is 9.79. The zero-order valence-electron chi connectivity index (χ0n) is 14.4. The van der Waals surface area contributed by atoms with E-state index < -0.39 is 5.82 Å². The molecule has 132 valence electrons. The van der Waals surface area contributed by atoms with E-state index in [2.05, 4.69) is 0 Å². The Labute approximate surface area is 141 Å². The smallest absolute Gasteiger partial charge is 0.257 e. The number of rotatable bonds is 4. The monoisotopic (exact) mass is 337 g/mol. The van der Waals surface area contributed by atoms with Crippen LogP contribution in [0.2, 0.25) is 0 Å². The fraction of sp³-hybridized carbons (Fsp3) is 0.611. The molecule has 2 fully saturated rings. The van der Waals surface area contributed by atoms with Crippen LogP contribution in [-0.4, -0.2) is 56.4 Å². The van der Waals surface area contributed by atoms with Crippen molar-refractivity contribution in [2.45, 2.75) is 43.4 Å². The summed E-state index contributed by atoms with van der Waals surface area (Å²) in [5.74, 6) is -0.460. The number of fused-ring (bicyclic) bond motifs is 1. The average Bonchev–Trinajstić information content (AvgIpc) is 3.00. The van der Waals surface area contributed by atoms with E-state index >= 15 is 0 Å². The summed E-state index contributed by atoms with van der Waals surface area (Å²) in [6.07, 6.45) is 3.36. The van der Waals surface area contributed by atoms with Crippen molar-refractivity contribution in [3.63, 3.8) is 0 Å². The van der Waals surface area contributed by atoms with Crippen LogP contribution in [0.15, 0.2) is 18.2 Å². The van der Waals surface area contributed by atoms with Crippen LogP contribution in [0.3, 0.4) is 0 Å². The fourth-order valence-electron chi connectivity index (χ4n) is 4.07. The van der Waals surface area contributed by atoms with E-state index in [4.69, 9.17) is 14.2 Å². The Kier molecular flexibility index (Phi) is 4.78. The number of ether oxygens (including phenoxy) is 3. The summed E-state index contributed by atoms with van der Waals surface area (Å²) in [4.78, 5) is 14.7. The minimum absolute atomic E-state index is 0.0715. The maximum absolute atomic E-state index is 14.3. The van der Waals surface area contributed by atoms with Gasteiger partial charge in [0, 0.05) is 26.8 Å². The fourth-order valence-corrected chi connectivity index (χ4v) is 4.07. The molecule has 0 unspecified atom stereocenters. The highest BCUT2D eigenvalue weighted by atomic mass is 19.1. The van der Waals surface area contributed by atoms with Gasteiger partial charge in [0.2, 0.25) is 0 Å². The number of likely N-dealkylation sites (tertiary alicyclic amines) is 1. The van der Waals surface area contributed by atoms with Crippen LogP contribution in [0.4, 0.5) is 4.39 Å². The molecule has 0 aromatic heterocycles. The highest BCUT2D eigenvalue weighted by molar-refractivity contribution is 5.95. The predicted octanol–water partition coefficient (Wildman–Crippen LogP) is 2.63. The number of carbonyl (C=O) groups excluding carboxylic acids is 1. The molecule has 1 heterocycles. The molecule has 0 spiro atoms. The molecule has 0 bridgehead atoms. The van der Waals surface area contributed by atoms with Crippen molar-refractivity contribution in [2.24, 2.45) is 0 Å². The Hall–Kier alpha value is -1.66. The molecule has 6 heteroatoms. The summed E-state index contributed by atoms with van der Waals surface area (Å²) < 4.78 is 30.6. The first-order chi connectivity index (χ1) is 11.5. The van der Waals surface area contributed by atoms with Gasteiger partial charge in [-0.3, -0.25) is 4.79 Å². The zero-order valence-corrected chi connectivity index (χ0v) is 14.4. The molecule has 24 heavy (non-hydrogen) atoms. The lowest BCUT2D eigenvalue weighted by Crippen LogP contribution is -2.53. The zero-order chi connectivity index (χ0) is 17.3. The van der Waals surface area contributed by atoms with E-state index in [0.717, 1.165) is 19.3 Å². The van der Waals surface area contributed by atoms with Gasteiger partial charge in [-0.15, -0.1) is 0 Å². The van der Waals surface area contributed by atoms with Crippen LogP contribution in [0.5, 0.6) is 5.75 Å². The molecule has 2 aliphatic rings. The number of amides is 1. The molecule has 1 saturated carbocycles. The standard InChI is InChI=1S/C18H24FNO4/c1-22-12-4-5-14(15(19)10-12)17(21)20-9-8-18(24-3)7-6-13(23-2)11-16(18)20/h4-5,10,13,16H,6-9,11H2,1-3H3/t13-,16+,18-/m1/s1. The molecule has 1 aliphatic carbocycles. The van der Waals surface area contributed by atoms with Crippen LogP contribution in [-0.2, 0) is 9.47 Å². The second-order valence-corrected chi connectivity index (χ2v) is 6.51. The predicted molar refractivity (Wildman–Crippen MR) is 86.8 cm³/mol. The third-order valence-electron chi connectivity index (χ3n) is 5.54. The SMILES string of the molecule is COc1ccc(C(=O)N2CC[C@]3(OC)CC[C@@H](OC)C[C@H]23)c(F)c1. The van der Waals surface area contributed by atoms with Gasteiger partial charge in [0.1, 0.15) is 11.6 Å². The Morgan fingerprint density at radius 3 is 2.71 bits per heavy atom. The number of benzene rings is 1. The second-order valence-electron chi connectivity index (χ2n) is 6.51. The van der Waals surface area contributed by atoms with Crippen molar-refractivity contribution < 1.29 is 23.4 Å². The quantitative estimate of drug-likeness (QED) is 0.847. The highest BCUT2D eigenvalue weighted by Gasteiger charge is 2.52. The summed E-state index contributed by atoms with van der Waals surface area (Å²) >= 11 is 0. The number of hydrogen-bond acceptors (Lipinski definition) is 4. The van der Waals surface area contributed by atoms with Crippen molar-refractivity contribution in [2.75, 3.05) is 27.9 Å². The van der Waals surface area contributed by atoms with Gasteiger partial charge >= 0.3 is 0 Å². The number of nitrogens with zero attached hydrogens (tertiary/aromatic N) is 1. The van der Waals surface area contributed by atoms with E-state index in [1.807, 2.05) is 0 Å². The minimum atomic E-state index is -0.562. The third-order valence-corrected chi connectivity index (χ3v) is 5.54. The first kappa shape index (κ1) is 17.2. The molecule has 0 N–H and O–H groups in total. The first-order valence-electron chi connectivity index (χ1n) is 8.27. The molecule has 0 radical (unpaired) electrons. The van der Waals surface area contributed by atoms with Crippen molar-refractivity contribution in [1.82, 2.24) is 4.90 Å². The molecule has 1 aromatic rings. The molecule has 3 atom stereocenters. The van der Waals surface area contributed by atoms with Gasteiger partial charge in [-0.05, 0) is 37.8 Å². The highest BCUT2D eigenvalue weighted by Crippen LogP contribution is 2.43. The maximum atomic E-state index is 14.3. The summed E-state index contributed by atoms with van der Waals surface area (Å²) in [7, 11) is 4.85. The van der Waals surface area contributed by atoms with Gasteiger partial charge in [0.15, 0.2) is 0 Å². The van der Waals surface area contributed by atoms with E-state index in [9.17, 15) is 9.18 Å². The van der Waals surface area contributed by atoms with Crippen LogP contribution in [0, 0.1) is 5.82 Å². The third kappa shape index (κ3) is 2.78. The lowest BCUT2D eigenvalue weighted by Gasteiger charge is -2.43. The molecule has 1 aliphatic heterocycles. The molecule has 1 amide bonds. The van der Waals surface area contributed by atoms with Gasteiger partial charge in [-0.25, -0.2) is 4.39 Å². The number of methoxy groups -OCH3 is 3. The molecule has 1 saturated heterocycles. The van der Waals surface area contributed by atoms with Gasteiger partial charge in [0.05, 0.1) is 30.4 Å². The van der Waals surface area contributed by atoms with Gasteiger partial charge in [-0.2, -0.15) is 0 Å². The largest absolute Gasteiger partial charge is 0.497 e. The Balaban J connectivity index is 1.87. The summed E-state index contributed by atoms with van der Waals surface area (Å²) in [6.45, 7) is 0.569. The van der Waals surface area contributed by atoms with Crippen LogP contribution in [0.1, 0.15) is 36.0 Å². The van der Waals surface area contributed by atoms with E-state index in [0.29, 0.717) is 18.7 Å². The van der Waals surface area contributed by atoms with Crippen LogP contribution < -0.4 is 4.74 Å². The molecular weight excluding hydrogens is 313 g/mol. The molecular formula is C18H24FNO4. The Morgan fingerprint density at radius 1 is 1.29 bits per heavy atom. The summed E-state index contributed by atoms with van der Waals surface area (Å²) in [5.41, 5.74) is -0.268. The molecule has 5 nitrogen and oxygen atoms in total. The minimum Gasteiger partial charge on any atom is -0.497 e. The van der Waals surface area contributed by atoms with Gasteiger partial charge in [0.25, 0.3) is 5.91 Å². The topological polar surface area (TPSA) is 48.0 Å². The van der Waals surface area contributed by atoms with Crippen molar-refractivity contribution in [3.05, 3.63) is 29.6 Å². The molecule has 1 aromatic carbocycles. The summed E-state index contributed by atoms with van der Waals surface area (Å²) in [5, 5.41) is 0. The Morgan fingerprint density at radius 2 is 2.08 bits per heavy atom. The second kappa shape index (κ2) is 6.69. The Bertz CT molecular complexity index is 623. The van der Waals surface area contributed by atoms with Crippen molar-refractivity contribution in [3.8, 4) is 5.75 Å². The average molecular weight is 337 g/mol. The van der Waals surface area contributed by atoms with E-state index in [-0.39, 0.29) is 29.2 Å². The normalized spacial score (nSPS) is 29.4. The number of carbonyl (C=O) groups is 1. The summed E-state index contributed by atoms with van der Waals surface area (Å²) in [6, 6.07) is 4.25. The van der Waals surface area contributed by atoms with Crippen LogP contribution in [0.25, 0.3) is 0 Å². The van der Waals surface area contributed by atoms with Gasteiger partial charge in [-0.1, -0.05) is 0 Å². The van der Waals surface area contributed by atoms with Crippen molar-refractivity contribution in [1.29, 1.82) is 0 Å². The molecule has 3 rings (SSSR count).